The molecule has 2 heterocycles. The van der Waals surface area contributed by atoms with Crippen LogP contribution in [0.1, 0.15) is 19.3 Å². The molecule has 2 amide bonds. The zero-order valence-electron chi connectivity index (χ0n) is 13.5. The number of carboxylic acids is 1. The van der Waals surface area contributed by atoms with E-state index in [1.807, 2.05) is 0 Å². The van der Waals surface area contributed by atoms with Gasteiger partial charge in [0.05, 0.1) is 11.6 Å². The molecule has 2 fully saturated rings. The average Bonchev–Trinajstić information content (AvgIpc) is 2.98. The predicted molar refractivity (Wildman–Crippen MR) is 85.4 cm³/mol. The first kappa shape index (κ1) is 17.3. The van der Waals surface area contributed by atoms with E-state index >= 15 is 0 Å². The molecule has 2 N–H and O–H groups in total. The maximum absolute atomic E-state index is 13.9. The topological polar surface area (TPSA) is 95.9 Å². The van der Waals surface area contributed by atoms with Gasteiger partial charge in [-0.2, -0.15) is 0 Å². The number of anilines is 1. The maximum Gasteiger partial charge on any atom is 0.329 e. The number of hydrogen-bond acceptors (Lipinski definition) is 4. The number of halogens is 1. The summed E-state index contributed by atoms with van der Waals surface area (Å²) in [5, 5.41) is 12.1. The molecule has 0 aromatic heterocycles. The monoisotopic (exact) mass is 350 g/mol. The van der Waals surface area contributed by atoms with E-state index in [-0.39, 0.29) is 50.6 Å². The number of carbonyl (C=O) groups excluding carboxylic acids is 2. The molecule has 0 spiro atoms. The highest BCUT2D eigenvalue weighted by Gasteiger charge is 2.44. The van der Waals surface area contributed by atoms with Gasteiger partial charge in [0.15, 0.2) is 0 Å². The van der Waals surface area contributed by atoms with Crippen molar-refractivity contribution in [2.75, 3.05) is 24.7 Å². The molecule has 0 radical (unpaired) electrons. The van der Waals surface area contributed by atoms with Gasteiger partial charge in [-0.1, -0.05) is 12.1 Å². The molecule has 1 atom stereocenters. The Bertz CT molecular complexity index is 702. The van der Waals surface area contributed by atoms with Gasteiger partial charge in [0.1, 0.15) is 11.4 Å². The second kappa shape index (κ2) is 6.79. The molecular formula is C17H19FN2O5. The number of nitrogens with zero attached hydrogens (tertiary/aromatic N) is 1. The summed E-state index contributed by atoms with van der Waals surface area (Å²) in [6.07, 6.45) is 0.268. The molecule has 0 bridgehead atoms. The van der Waals surface area contributed by atoms with Gasteiger partial charge in [-0.05, 0) is 12.1 Å². The lowest BCUT2D eigenvalue weighted by molar-refractivity contribution is -0.152. The Labute approximate surface area is 143 Å². The number of rotatable bonds is 4. The van der Waals surface area contributed by atoms with Crippen molar-refractivity contribution in [3.05, 3.63) is 30.1 Å². The molecule has 2 aliphatic rings. The molecule has 2 aliphatic heterocycles. The standard InChI is InChI=1S/C17H19FN2O5/c18-12-3-1-2-4-13(12)20-10-11(9-14(20)21)15(22)19-17(16(23)24)5-7-25-8-6-17/h1-4,11H,5-10H2,(H,19,22)(H,23,24). The molecule has 2 saturated heterocycles. The first-order valence-corrected chi connectivity index (χ1v) is 8.11. The minimum Gasteiger partial charge on any atom is -0.480 e. The summed E-state index contributed by atoms with van der Waals surface area (Å²) in [5.74, 6) is -3.23. The third-order valence-electron chi connectivity index (χ3n) is 4.76. The van der Waals surface area contributed by atoms with Crippen LogP contribution in [0.5, 0.6) is 0 Å². The number of aliphatic carboxylic acids is 1. The molecule has 1 unspecified atom stereocenters. The smallest absolute Gasteiger partial charge is 0.329 e. The molecule has 8 heteroatoms. The lowest BCUT2D eigenvalue weighted by Crippen LogP contribution is -2.58. The Morgan fingerprint density at radius 3 is 2.60 bits per heavy atom. The highest BCUT2D eigenvalue weighted by Crippen LogP contribution is 2.29. The van der Waals surface area contributed by atoms with Crippen molar-refractivity contribution in [1.29, 1.82) is 0 Å². The van der Waals surface area contributed by atoms with E-state index in [0.717, 1.165) is 0 Å². The van der Waals surface area contributed by atoms with E-state index in [0.29, 0.717) is 0 Å². The zero-order chi connectivity index (χ0) is 18.0. The fourth-order valence-electron chi connectivity index (χ4n) is 3.24. The van der Waals surface area contributed by atoms with E-state index in [4.69, 9.17) is 4.74 Å². The SMILES string of the molecule is O=C(NC1(C(=O)O)CCOCC1)C1CC(=O)N(c2ccccc2F)C1. The summed E-state index contributed by atoms with van der Waals surface area (Å²) >= 11 is 0. The van der Waals surface area contributed by atoms with Crippen LogP contribution in [-0.2, 0) is 19.1 Å². The second-order valence-corrected chi connectivity index (χ2v) is 6.35. The van der Waals surface area contributed by atoms with Gasteiger partial charge in [-0.25, -0.2) is 9.18 Å². The van der Waals surface area contributed by atoms with Crippen LogP contribution in [0.3, 0.4) is 0 Å². The van der Waals surface area contributed by atoms with Crippen molar-refractivity contribution in [3.8, 4) is 0 Å². The van der Waals surface area contributed by atoms with Crippen molar-refractivity contribution >= 4 is 23.5 Å². The summed E-state index contributed by atoms with van der Waals surface area (Å²) in [4.78, 5) is 37.6. The highest BCUT2D eigenvalue weighted by atomic mass is 19.1. The van der Waals surface area contributed by atoms with Gasteiger partial charge in [0, 0.05) is 39.0 Å². The molecule has 1 aromatic rings. The van der Waals surface area contributed by atoms with E-state index in [1.54, 1.807) is 6.07 Å². The Morgan fingerprint density at radius 1 is 1.28 bits per heavy atom. The third-order valence-corrected chi connectivity index (χ3v) is 4.76. The van der Waals surface area contributed by atoms with Gasteiger partial charge in [0.2, 0.25) is 11.8 Å². The number of hydrogen-bond donors (Lipinski definition) is 2. The zero-order valence-corrected chi connectivity index (χ0v) is 13.5. The number of carbonyl (C=O) groups is 3. The first-order chi connectivity index (χ1) is 11.9. The van der Waals surface area contributed by atoms with Crippen LogP contribution in [0.15, 0.2) is 24.3 Å². The predicted octanol–water partition coefficient (Wildman–Crippen LogP) is 0.929. The Morgan fingerprint density at radius 2 is 1.96 bits per heavy atom. The Balaban J connectivity index is 1.72. The van der Waals surface area contributed by atoms with Gasteiger partial charge >= 0.3 is 5.97 Å². The van der Waals surface area contributed by atoms with Crippen molar-refractivity contribution in [2.24, 2.45) is 5.92 Å². The molecule has 134 valence electrons. The lowest BCUT2D eigenvalue weighted by atomic mass is 9.89. The largest absolute Gasteiger partial charge is 0.480 e. The molecule has 25 heavy (non-hydrogen) atoms. The van der Waals surface area contributed by atoms with Gasteiger partial charge in [0.25, 0.3) is 0 Å². The van der Waals surface area contributed by atoms with Crippen LogP contribution in [-0.4, -0.2) is 48.2 Å². The quantitative estimate of drug-likeness (QED) is 0.842. The summed E-state index contributed by atoms with van der Waals surface area (Å²) in [6.45, 7) is 0.521. The number of amides is 2. The van der Waals surface area contributed by atoms with E-state index in [2.05, 4.69) is 5.32 Å². The number of ether oxygens (including phenoxy) is 1. The van der Waals surface area contributed by atoms with Crippen molar-refractivity contribution < 1.29 is 28.6 Å². The second-order valence-electron chi connectivity index (χ2n) is 6.35. The number of nitrogens with one attached hydrogen (secondary N) is 1. The van der Waals surface area contributed by atoms with Gasteiger partial charge < -0.3 is 20.1 Å². The number of benzene rings is 1. The summed E-state index contributed by atoms with van der Waals surface area (Å²) in [5.41, 5.74) is -1.24. The fourth-order valence-corrected chi connectivity index (χ4v) is 3.24. The third kappa shape index (κ3) is 3.34. The minimum absolute atomic E-state index is 0.0256. The van der Waals surface area contributed by atoms with E-state index in [9.17, 15) is 23.9 Å². The van der Waals surface area contributed by atoms with Crippen LogP contribution in [0.2, 0.25) is 0 Å². The average molecular weight is 350 g/mol. The molecule has 1 aromatic carbocycles. The maximum atomic E-state index is 13.9. The van der Waals surface area contributed by atoms with Crippen molar-refractivity contribution in [3.63, 3.8) is 0 Å². The Kier molecular flexibility index (Phi) is 4.71. The summed E-state index contributed by atoms with van der Waals surface area (Å²) in [7, 11) is 0. The van der Waals surface area contributed by atoms with Crippen LogP contribution in [0.4, 0.5) is 10.1 Å². The lowest BCUT2D eigenvalue weighted by Gasteiger charge is -2.34. The van der Waals surface area contributed by atoms with Crippen molar-refractivity contribution in [2.45, 2.75) is 24.8 Å². The number of para-hydroxylation sites is 1. The van der Waals surface area contributed by atoms with Crippen LogP contribution < -0.4 is 10.2 Å². The van der Waals surface area contributed by atoms with Crippen molar-refractivity contribution in [1.82, 2.24) is 5.32 Å². The van der Waals surface area contributed by atoms with Crippen LogP contribution in [0, 0.1) is 11.7 Å². The molecule has 3 rings (SSSR count). The molecule has 0 aliphatic carbocycles. The summed E-state index contributed by atoms with van der Waals surface area (Å²) in [6, 6.07) is 5.86. The molecular weight excluding hydrogens is 331 g/mol. The first-order valence-electron chi connectivity index (χ1n) is 8.11. The van der Waals surface area contributed by atoms with Crippen LogP contribution in [0.25, 0.3) is 0 Å². The Hall–Kier alpha value is -2.48. The molecule has 7 nitrogen and oxygen atoms in total. The number of carboxylic acid groups (broad SMARTS) is 1. The normalized spacial score (nSPS) is 22.7. The van der Waals surface area contributed by atoms with E-state index in [1.165, 1.54) is 23.1 Å². The van der Waals surface area contributed by atoms with Gasteiger partial charge in [-0.3, -0.25) is 9.59 Å². The van der Waals surface area contributed by atoms with E-state index < -0.39 is 29.2 Å². The molecule has 0 saturated carbocycles. The highest BCUT2D eigenvalue weighted by molar-refractivity contribution is 6.01. The summed E-state index contributed by atoms with van der Waals surface area (Å²) < 4.78 is 19.1. The van der Waals surface area contributed by atoms with Gasteiger partial charge in [-0.15, -0.1) is 0 Å². The minimum atomic E-state index is -1.37. The fraction of sp³-hybridized carbons (Fsp3) is 0.471. The van der Waals surface area contributed by atoms with Crippen LogP contribution >= 0.6 is 0 Å².